The minimum Gasteiger partial charge on any atom is -0.494 e. The van der Waals surface area contributed by atoms with Crippen LogP contribution in [0.25, 0.3) is 0 Å². The average molecular weight is 262 g/mol. The summed E-state index contributed by atoms with van der Waals surface area (Å²) in [5.74, 6) is 0.875. The van der Waals surface area contributed by atoms with Crippen LogP contribution < -0.4 is 15.4 Å². The molecule has 1 atom stereocenters. The first-order valence-corrected chi connectivity index (χ1v) is 6.89. The molecule has 1 aliphatic heterocycles. The van der Waals surface area contributed by atoms with Crippen LogP contribution in [0, 0.1) is 5.41 Å². The van der Waals surface area contributed by atoms with Crippen molar-refractivity contribution in [3.05, 3.63) is 24.3 Å². The van der Waals surface area contributed by atoms with Crippen molar-refractivity contribution in [2.45, 2.75) is 26.7 Å². The van der Waals surface area contributed by atoms with E-state index in [1.807, 2.05) is 31.2 Å². The molecule has 1 heterocycles. The number of carbonyl (C=O) groups excluding carboxylic acids is 1. The van der Waals surface area contributed by atoms with Crippen LogP contribution in [0.5, 0.6) is 5.75 Å². The van der Waals surface area contributed by atoms with Crippen molar-refractivity contribution < 1.29 is 9.53 Å². The van der Waals surface area contributed by atoms with Gasteiger partial charge in [-0.3, -0.25) is 4.79 Å². The Labute approximate surface area is 114 Å². The highest BCUT2D eigenvalue weighted by molar-refractivity contribution is 5.95. The van der Waals surface area contributed by atoms with E-state index in [9.17, 15) is 4.79 Å². The minimum absolute atomic E-state index is 0.0742. The van der Waals surface area contributed by atoms with Crippen LogP contribution in [0.2, 0.25) is 0 Å². The van der Waals surface area contributed by atoms with Crippen LogP contribution in [-0.2, 0) is 4.79 Å². The molecule has 0 aromatic heterocycles. The molecule has 0 bridgehead atoms. The Morgan fingerprint density at radius 2 is 2.37 bits per heavy atom. The van der Waals surface area contributed by atoms with E-state index in [0.29, 0.717) is 6.61 Å². The van der Waals surface area contributed by atoms with Crippen molar-refractivity contribution in [3.63, 3.8) is 0 Å². The van der Waals surface area contributed by atoms with Crippen molar-refractivity contribution in [1.29, 1.82) is 0 Å². The summed E-state index contributed by atoms with van der Waals surface area (Å²) in [5, 5.41) is 6.22. The van der Waals surface area contributed by atoms with E-state index in [1.54, 1.807) is 0 Å². The molecule has 1 amide bonds. The largest absolute Gasteiger partial charge is 0.494 e. The van der Waals surface area contributed by atoms with Crippen LogP contribution in [0.4, 0.5) is 5.69 Å². The molecule has 1 aliphatic rings. The molecular formula is C15H22N2O2. The highest BCUT2D eigenvalue weighted by Gasteiger charge is 2.36. The van der Waals surface area contributed by atoms with Crippen LogP contribution in [0.3, 0.4) is 0 Å². The Hall–Kier alpha value is -1.55. The first-order valence-electron chi connectivity index (χ1n) is 6.89. The molecule has 2 N–H and O–H groups in total. The van der Waals surface area contributed by atoms with E-state index in [2.05, 4.69) is 17.6 Å². The van der Waals surface area contributed by atoms with E-state index < -0.39 is 0 Å². The predicted octanol–water partition coefficient (Wildman–Crippen LogP) is 2.41. The van der Waals surface area contributed by atoms with Gasteiger partial charge in [0.05, 0.1) is 12.0 Å². The molecule has 4 heteroatoms. The Bertz CT molecular complexity index is 440. The van der Waals surface area contributed by atoms with Gasteiger partial charge in [0.25, 0.3) is 0 Å². The first-order chi connectivity index (χ1) is 9.14. The Morgan fingerprint density at radius 3 is 3.05 bits per heavy atom. The number of nitrogens with one attached hydrogen (secondary N) is 2. The molecular weight excluding hydrogens is 240 g/mol. The molecule has 0 aliphatic carbocycles. The predicted molar refractivity (Wildman–Crippen MR) is 76.5 cm³/mol. The topological polar surface area (TPSA) is 50.4 Å². The number of hydrogen-bond donors (Lipinski definition) is 2. The molecule has 1 fully saturated rings. The van der Waals surface area contributed by atoms with E-state index >= 15 is 0 Å². The summed E-state index contributed by atoms with van der Waals surface area (Å²) in [4.78, 5) is 12.3. The standard InChI is InChI=1S/C15H22N2O2/c1-3-9-19-13-6-4-5-12(10-13)17-14(18)15(2)7-8-16-11-15/h4-6,10,16H,3,7-9,11H2,1-2H3,(H,17,18). The van der Waals surface area contributed by atoms with E-state index in [-0.39, 0.29) is 11.3 Å². The Balaban J connectivity index is 2.00. The second-order valence-corrected chi connectivity index (χ2v) is 5.32. The lowest BCUT2D eigenvalue weighted by atomic mass is 9.89. The van der Waals surface area contributed by atoms with Gasteiger partial charge in [0.15, 0.2) is 0 Å². The third kappa shape index (κ3) is 3.47. The lowest BCUT2D eigenvalue weighted by Gasteiger charge is -2.21. The summed E-state index contributed by atoms with van der Waals surface area (Å²) in [5.41, 5.74) is 0.493. The van der Waals surface area contributed by atoms with Crippen LogP contribution in [0.1, 0.15) is 26.7 Å². The van der Waals surface area contributed by atoms with Gasteiger partial charge in [0, 0.05) is 18.3 Å². The van der Waals surface area contributed by atoms with Crippen molar-refractivity contribution >= 4 is 11.6 Å². The summed E-state index contributed by atoms with van der Waals surface area (Å²) in [6.07, 6.45) is 1.85. The van der Waals surface area contributed by atoms with Gasteiger partial charge in [-0.2, -0.15) is 0 Å². The normalized spacial score (nSPS) is 22.2. The smallest absolute Gasteiger partial charge is 0.231 e. The number of hydrogen-bond acceptors (Lipinski definition) is 3. The number of anilines is 1. The molecule has 0 radical (unpaired) electrons. The van der Waals surface area contributed by atoms with Crippen LogP contribution in [0.15, 0.2) is 24.3 Å². The molecule has 2 rings (SSSR count). The quantitative estimate of drug-likeness (QED) is 0.856. The summed E-state index contributed by atoms with van der Waals surface area (Å²) in [7, 11) is 0. The molecule has 1 unspecified atom stereocenters. The van der Waals surface area contributed by atoms with Gasteiger partial charge < -0.3 is 15.4 Å². The van der Waals surface area contributed by atoms with E-state index in [0.717, 1.165) is 37.4 Å². The average Bonchev–Trinajstić information content (AvgIpc) is 2.85. The Kier molecular flexibility index (Phi) is 4.43. The fourth-order valence-electron chi connectivity index (χ4n) is 2.18. The SMILES string of the molecule is CCCOc1cccc(NC(=O)C2(C)CCNC2)c1. The molecule has 0 saturated carbocycles. The van der Waals surface area contributed by atoms with Crippen molar-refractivity contribution in [3.8, 4) is 5.75 Å². The summed E-state index contributed by atoms with van der Waals surface area (Å²) in [6, 6.07) is 7.57. The number of benzene rings is 1. The van der Waals surface area contributed by atoms with Gasteiger partial charge in [-0.05, 0) is 38.4 Å². The fraction of sp³-hybridized carbons (Fsp3) is 0.533. The van der Waals surface area contributed by atoms with Gasteiger partial charge in [-0.25, -0.2) is 0 Å². The summed E-state index contributed by atoms with van der Waals surface area (Å²) < 4.78 is 5.56. The minimum atomic E-state index is -0.305. The molecule has 1 saturated heterocycles. The molecule has 104 valence electrons. The zero-order valence-corrected chi connectivity index (χ0v) is 11.7. The monoisotopic (exact) mass is 262 g/mol. The van der Waals surface area contributed by atoms with Gasteiger partial charge in [0.1, 0.15) is 5.75 Å². The van der Waals surface area contributed by atoms with Crippen molar-refractivity contribution in [2.75, 3.05) is 25.0 Å². The van der Waals surface area contributed by atoms with Gasteiger partial charge in [0.2, 0.25) is 5.91 Å². The maximum Gasteiger partial charge on any atom is 0.231 e. The van der Waals surface area contributed by atoms with Crippen molar-refractivity contribution in [1.82, 2.24) is 5.32 Å². The number of ether oxygens (including phenoxy) is 1. The summed E-state index contributed by atoms with van der Waals surface area (Å²) in [6.45, 7) is 6.41. The maximum absolute atomic E-state index is 12.3. The number of rotatable bonds is 5. The molecule has 4 nitrogen and oxygen atoms in total. The highest BCUT2D eigenvalue weighted by Crippen LogP contribution is 2.27. The lowest BCUT2D eigenvalue weighted by Crippen LogP contribution is -2.35. The Morgan fingerprint density at radius 1 is 1.53 bits per heavy atom. The van der Waals surface area contributed by atoms with E-state index in [1.165, 1.54) is 0 Å². The van der Waals surface area contributed by atoms with Crippen LogP contribution in [-0.4, -0.2) is 25.6 Å². The van der Waals surface area contributed by atoms with Gasteiger partial charge in [-0.15, -0.1) is 0 Å². The highest BCUT2D eigenvalue weighted by atomic mass is 16.5. The fourth-order valence-corrected chi connectivity index (χ4v) is 2.18. The van der Waals surface area contributed by atoms with Gasteiger partial charge in [-0.1, -0.05) is 13.0 Å². The lowest BCUT2D eigenvalue weighted by molar-refractivity contribution is -0.123. The molecule has 0 spiro atoms. The zero-order chi connectivity index (χ0) is 13.7. The second kappa shape index (κ2) is 6.06. The number of carbonyl (C=O) groups is 1. The van der Waals surface area contributed by atoms with Gasteiger partial charge >= 0.3 is 0 Å². The molecule has 1 aromatic rings. The maximum atomic E-state index is 12.3. The molecule has 1 aromatic carbocycles. The third-order valence-electron chi connectivity index (χ3n) is 3.48. The third-order valence-corrected chi connectivity index (χ3v) is 3.48. The second-order valence-electron chi connectivity index (χ2n) is 5.32. The summed E-state index contributed by atoms with van der Waals surface area (Å²) >= 11 is 0. The van der Waals surface area contributed by atoms with Crippen molar-refractivity contribution in [2.24, 2.45) is 5.41 Å². The van der Waals surface area contributed by atoms with Crippen LogP contribution >= 0.6 is 0 Å². The molecule has 19 heavy (non-hydrogen) atoms. The van der Waals surface area contributed by atoms with E-state index in [4.69, 9.17) is 4.74 Å². The number of amides is 1. The first kappa shape index (κ1) is 13.9. The zero-order valence-electron chi connectivity index (χ0n) is 11.7.